The Morgan fingerprint density at radius 1 is 1.08 bits per heavy atom. The smallest absolute Gasteiger partial charge is 0.339 e. The van der Waals surface area contributed by atoms with Crippen molar-refractivity contribution in [2.45, 2.75) is 19.8 Å². The molecule has 0 spiro atoms. The number of benzene rings is 2. The van der Waals surface area contributed by atoms with E-state index in [9.17, 15) is 14.7 Å². The first-order chi connectivity index (χ1) is 12.5. The Labute approximate surface area is 148 Å². The minimum Gasteiger partial charge on any atom is -0.550 e. The zero-order valence-electron chi connectivity index (χ0n) is 14.1. The SMILES string of the molecule is Cc1c(CCC(=O)[O-])c(=O)oc2cc3occ(-c4ccccc4)c3cc12. The number of aryl methyl sites for hydroxylation is 1. The number of hydrogen-bond donors (Lipinski definition) is 0. The van der Waals surface area contributed by atoms with Crippen LogP contribution < -0.4 is 10.7 Å². The number of rotatable bonds is 4. The largest absolute Gasteiger partial charge is 0.550 e. The van der Waals surface area contributed by atoms with Crippen LogP contribution in [0.5, 0.6) is 0 Å². The predicted octanol–water partition coefficient (Wildman–Crippen LogP) is 3.20. The predicted molar refractivity (Wildman–Crippen MR) is 95.8 cm³/mol. The summed E-state index contributed by atoms with van der Waals surface area (Å²) in [7, 11) is 0. The van der Waals surface area contributed by atoms with Crippen molar-refractivity contribution in [2.75, 3.05) is 0 Å². The van der Waals surface area contributed by atoms with E-state index < -0.39 is 11.6 Å². The van der Waals surface area contributed by atoms with Gasteiger partial charge in [0, 0.05) is 33.9 Å². The van der Waals surface area contributed by atoms with Crippen molar-refractivity contribution in [3.63, 3.8) is 0 Å². The maximum Gasteiger partial charge on any atom is 0.339 e. The summed E-state index contributed by atoms with van der Waals surface area (Å²) in [5, 5.41) is 12.4. The van der Waals surface area contributed by atoms with E-state index in [4.69, 9.17) is 8.83 Å². The number of hydrogen-bond acceptors (Lipinski definition) is 5. The Bertz CT molecular complexity index is 1180. The van der Waals surface area contributed by atoms with Gasteiger partial charge in [-0.3, -0.25) is 0 Å². The van der Waals surface area contributed by atoms with Gasteiger partial charge >= 0.3 is 5.63 Å². The summed E-state index contributed by atoms with van der Waals surface area (Å²) in [5.41, 5.74) is 3.59. The van der Waals surface area contributed by atoms with E-state index in [1.165, 1.54) is 0 Å². The lowest BCUT2D eigenvalue weighted by molar-refractivity contribution is -0.305. The van der Waals surface area contributed by atoms with Crippen LogP contribution in [0.4, 0.5) is 0 Å². The van der Waals surface area contributed by atoms with Crippen molar-refractivity contribution in [1.82, 2.24) is 0 Å². The Kier molecular flexibility index (Phi) is 3.84. The van der Waals surface area contributed by atoms with Crippen LogP contribution in [0.1, 0.15) is 17.5 Å². The number of carbonyl (C=O) groups excluding carboxylic acids is 1. The van der Waals surface area contributed by atoms with Crippen molar-refractivity contribution in [1.29, 1.82) is 0 Å². The van der Waals surface area contributed by atoms with E-state index >= 15 is 0 Å². The zero-order chi connectivity index (χ0) is 18.3. The number of carbonyl (C=O) groups is 1. The van der Waals surface area contributed by atoms with Gasteiger partial charge in [-0.1, -0.05) is 30.3 Å². The van der Waals surface area contributed by atoms with Gasteiger partial charge in [-0.2, -0.15) is 0 Å². The maximum absolute atomic E-state index is 12.2. The van der Waals surface area contributed by atoms with Crippen LogP contribution in [0.15, 0.2) is 62.4 Å². The highest BCUT2D eigenvalue weighted by atomic mass is 16.4. The van der Waals surface area contributed by atoms with E-state index in [1.807, 2.05) is 36.4 Å². The van der Waals surface area contributed by atoms with E-state index in [-0.39, 0.29) is 12.8 Å². The van der Waals surface area contributed by atoms with Gasteiger partial charge in [-0.15, -0.1) is 0 Å². The topological polar surface area (TPSA) is 83.5 Å². The minimum absolute atomic E-state index is 0.0847. The Hall–Kier alpha value is -3.34. The van der Waals surface area contributed by atoms with Gasteiger partial charge in [0.1, 0.15) is 11.2 Å². The molecule has 5 nitrogen and oxygen atoms in total. The molecule has 2 aromatic carbocycles. The molecule has 0 aliphatic heterocycles. The van der Waals surface area contributed by atoms with E-state index in [2.05, 4.69) is 0 Å². The molecular formula is C21H15O5-. The van der Waals surface area contributed by atoms with Gasteiger partial charge in [0.15, 0.2) is 0 Å². The fraction of sp³-hybridized carbons (Fsp3) is 0.143. The van der Waals surface area contributed by atoms with E-state index in [0.29, 0.717) is 16.7 Å². The summed E-state index contributed by atoms with van der Waals surface area (Å²) in [6.45, 7) is 1.80. The van der Waals surface area contributed by atoms with Crippen LogP contribution in [0.25, 0.3) is 33.1 Å². The fourth-order valence-electron chi connectivity index (χ4n) is 3.27. The molecule has 2 aromatic heterocycles. The summed E-state index contributed by atoms with van der Waals surface area (Å²) in [6, 6.07) is 13.5. The molecule has 0 saturated carbocycles. The molecule has 4 aromatic rings. The van der Waals surface area contributed by atoms with Crippen LogP contribution in [0, 0.1) is 6.92 Å². The molecule has 0 aliphatic carbocycles. The third-order valence-electron chi connectivity index (χ3n) is 4.65. The second kappa shape index (κ2) is 6.19. The summed E-state index contributed by atoms with van der Waals surface area (Å²) >= 11 is 0. The van der Waals surface area contributed by atoms with Crippen molar-refractivity contribution >= 4 is 27.9 Å². The molecule has 0 bridgehead atoms. The first-order valence-corrected chi connectivity index (χ1v) is 8.27. The summed E-state index contributed by atoms with van der Waals surface area (Å²) in [5.74, 6) is -1.19. The molecule has 0 N–H and O–H groups in total. The second-order valence-electron chi connectivity index (χ2n) is 6.23. The molecule has 0 amide bonds. The van der Waals surface area contributed by atoms with Crippen molar-refractivity contribution in [3.05, 3.63) is 70.3 Å². The van der Waals surface area contributed by atoms with Gasteiger partial charge in [0.05, 0.1) is 6.26 Å². The summed E-state index contributed by atoms with van der Waals surface area (Å²) in [4.78, 5) is 23.0. The number of aliphatic carboxylic acids is 1. The van der Waals surface area contributed by atoms with Gasteiger partial charge in [-0.25, -0.2) is 4.79 Å². The van der Waals surface area contributed by atoms with E-state index in [1.54, 1.807) is 19.3 Å². The molecule has 2 heterocycles. The minimum atomic E-state index is -1.19. The molecule has 4 rings (SSSR count). The highest BCUT2D eigenvalue weighted by molar-refractivity contribution is 6.02. The lowest BCUT2D eigenvalue weighted by Crippen LogP contribution is -2.24. The first kappa shape index (κ1) is 16.1. The zero-order valence-corrected chi connectivity index (χ0v) is 14.1. The molecule has 0 atom stereocenters. The molecule has 0 unspecified atom stereocenters. The highest BCUT2D eigenvalue weighted by Gasteiger charge is 2.15. The molecule has 130 valence electrons. The lowest BCUT2D eigenvalue weighted by Gasteiger charge is -2.08. The van der Waals surface area contributed by atoms with Crippen LogP contribution >= 0.6 is 0 Å². The highest BCUT2D eigenvalue weighted by Crippen LogP contribution is 2.34. The van der Waals surface area contributed by atoms with Crippen molar-refractivity contribution < 1.29 is 18.7 Å². The monoisotopic (exact) mass is 347 g/mol. The van der Waals surface area contributed by atoms with Crippen LogP contribution in [0.3, 0.4) is 0 Å². The average Bonchev–Trinajstić information content (AvgIpc) is 3.03. The Morgan fingerprint density at radius 2 is 1.85 bits per heavy atom. The van der Waals surface area contributed by atoms with Gasteiger partial charge in [-0.05, 0) is 37.0 Å². The average molecular weight is 347 g/mol. The van der Waals surface area contributed by atoms with Gasteiger partial charge < -0.3 is 18.7 Å². The Balaban J connectivity index is 1.94. The molecular weight excluding hydrogens is 332 g/mol. The van der Waals surface area contributed by atoms with Gasteiger partial charge in [0.2, 0.25) is 0 Å². The van der Waals surface area contributed by atoms with E-state index in [0.717, 1.165) is 27.5 Å². The number of carboxylic acid groups (broad SMARTS) is 1. The molecule has 0 radical (unpaired) electrons. The van der Waals surface area contributed by atoms with Crippen LogP contribution in [-0.4, -0.2) is 5.97 Å². The second-order valence-corrected chi connectivity index (χ2v) is 6.23. The standard InChI is InChI=1S/C21H16O5/c1-12-14(7-8-20(22)23)21(24)26-19-10-18-16(9-15(12)19)17(11-25-18)13-5-3-2-4-6-13/h2-6,9-11H,7-8H2,1H3,(H,22,23)/p-1. The van der Waals surface area contributed by atoms with Gasteiger partial charge in [0.25, 0.3) is 0 Å². The summed E-state index contributed by atoms with van der Waals surface area (Å²) in [6.07, 6.45) is 1.55. The molecule has 5 heteroatoms. The summed E-state index contributed by atoms with van der Waals surface area (Å²) < 4.78 is 11.1. The lowest BCUT2D eigenvalue weighted by atomic mass is 9.99. The number of carboxylic acids is 1. The quantitative estimate of drug-likeness (QED) is 0.529. The normalized spacial score (nSPS) is 11.3. The molecule has 26 heavy (non-hydrogen) atoms. The maximum atomic E-state index is 12.2. The first-order valence-electron chi connectivity index (χ1n) is 8.27. The van der Waals surface area contributed by atoms with Crippen molar-refractivity contribution in [3.8, 4) is 11.1 Å². The third kappa shape index (κ3) is 2.67. The van der Waals surface area contributed by atoms with Crippen LogP contribution in [0.2, 0.25) is 0 Å². The third-order valence-corrected chi connectivity index (χ3v) is 4.65. The fourth-order valence-corrected chi connectivity index (χ4v) is 3.27. The molecule has 0 saturated heterocycles. The van der Waals surface area contributed by atoms with Crippen LogP contribution in [-0.2, 0) is 11.2 Å². The number of furan rings is 1. The van der Waals surface area contributed by atoms with Crippen molar-refractivity contribution in [2.24, 2.45) is 0 Å². The molecule has 0 fully saturated rings. The Morgan fingerprint density at radius 3 is 2.58 bits per heavy atom. The number of fused-ring (bicyclic) bond motifs is 2. The molecule has 0 aliphatic rings.